The zero-order chi connectivity index (χ0) is 8.97. The first-order valence-corrected chi connectivity index (χ1v) is 4.37. The Labute approximate surface area is 73.8 Å². The third-order valence-electron chi connectivity index (χ3n) is 2.18. The van der Waals surface area contributed by atoms with Gasteiger partial charge in [-0.2, -0.15) is 0 Å². The molecule has 0 fully saturated rings. The van der Waals surface area contributed by atoms with E-state index in [1.807, 2.05) is 19.2 Å². The van der Waals surface area contributed by atoms with Crippen LogP contribution in [-0.2, 0) is 0 Å². The van der Waals surface area contributed by atoms with E-state index in [9.17, 15) is 0 Å². The van der Waals surface area contributed by atoms with Crippen LogP contribution in [0.3, 0.4) is 0 Å². The maximum atomic E-state index is 5.50. The van der Waals surface area contributed by atoms with E-state index in [0.29, 0.717) is 5.92 Å². The molecule has 0 radical (unpaired) electrons. The van der Waals surface area contributed by atoms with E-state index in [1.54, 1.807) is 0 Å². The summed E-state index contributed by atoms with van der Waals surface area (Å²) in [6.07, 6.45) is 2.86. The highest BCUT2D eigenvalue weighted by Crippen LogP contribution is 2.19. The minimum absolute atomic E-state index is 0.531. The van der Waals surface area contributed by atoms with Crippen molar-refractivity contribution in [3.05, 3.63) is 29.6 Å². The van der Waals surface area contributed by atoms with Gasteiger partial charge < -0.3 is 5.73 Å². The van der Waals surface area contributed by atoms with Crippen molar-refractivity contribution in [3.63, 3.8) is 0 Å². The van der Waals surface area contributed by atoms with Crippen LogP contribution >= 0.6 is 0 Å². The molecule has 1 unspecified atom stereocenters. The average Bonchev–Trinajstić information content (AvgIpc) is 2.05. The molecule has 0 aromatic carbocycles. The molecule has 0 amide bonds. The van der Waals surface area contributed by atoms with Crippen LogP contribution in [0.15, 0.2) is 18.3 Å². The first-order valence-electron chi connectivity index (χ1n) is 4.37. The molecule has 0 saturated heterocycles. The van der Waals surface area contributed by atoms with Crippen molar-refractivity contribution in [1.29, 1.82) is 0 Å². The third-order valence-corrected chi connectivity index (χ3v) is 2.18. The van der Waals surface area contributed by atoms with Crippen molar-refractivity contribution >= 4 is 0 Å². The average molecular weight is 164 g/mol. The van der Waals surface area contributed by atoms with E-state index in [0.717, 1.165) is 18.7 Å². The number of pyridine rings is 1. The summed E-state index contributed by atoms with van der Waals surface area (Å²) in [6, 6.07) is 4.11. The largest absolute Gasteiger partial charge is 0.330 e. The van der Waals surface area contributed by atoms with Gasteiger partial charge in [-0.05, 0) is 37.4 Å². The van der Waals surface area contributed by atoms with Crippen LogP contribution in [-0.4, -0.2) is 11.5 Å². The Balaban J connectivity index is 2.79. The van der Waals surface area contributed by atoms with Gasteiger partial charge in [0.05, 0.1) is 0 Å². The molecule has 0 bridgehead atoms. The molecule has 1 aromatic heterocycles. The van der Waals surface area contributed by atoms with Crippen molar-refractivity contribution in [3.8, 4) is 0 Å². The van der Waals surface area contributed by atoms with E-state index >= 15 is 0 Å². The van der Waals surface area contributed by atoms with Crippen molar-refractivity contribution in [1.82, 2.24) is 4.98 Å². The van der Waals surface area contributed by atoms with E-state index in [1.165, 1.54) is 5.56 Å². The molecule has 2 nitrogen and oxygen atoms in total. The quantitative estimate of drug-likeness (QED) is 0.740. The van der Waals surface area contributed by atoms with E-state index < -0.39 is 0 Å². The Hall–Kier alpha value is -0.890. The Morgan fingerprint density at radius 1 is 1.58 bits per heavy atom. The van der Waals surface area contributed by atoms with Crippen LogP contribution < -0.4 is 5.73 Å². The van der Waals surface area contributed by atoms with Crippen LogP contribution in [0.1, 0.15) is 30.5 Å². The molecule has 1 rings (SSSR count). The van der Waals surface area contributed by atoms with Gasteiger partial charge >= 0.3 is 0 Å². The molecule has 0 aliphatic carbocycles. The molecule has 12 heavy (non-hydrogen) atoms. The minimum atomic E-state index is 0.531. The molecule has 1 atom stereocenters. The molecule has 0 spiro atoms. The number of aryl methyl sites for hydroxylation is 1. The second-order valence-electron chi connectivity index (χ2n) is 3.16. The van der Waals surface area contributed by atoms with Gasteiger partial charge in [0.25, 0.3) is 0 Å². The van der Waals surface area contributed by atoms with Gasteiger partial charge in [0.15, 0.2) is 0 Å². The summed E-state index contributed by atoms with van der Waals surface area (Å²) in [5, 5.41) is 0. The SMILES string of the molecule is Cc1ncccc1C(C)CCN. The summed E-state index contributed by atoms with van der Waals surface area (Å²) >= 11 is 0. The summed E-state index contributed by atoms with van der Waals surface area (Å²) in [7, 11) is 0. The van der Waals surface area contributed by atoms with Crippen LogP contribution in [0.4, 0.5) is 0 Å². The lowest BCUT2D eigenvalue weighted by atomic mass is 9.97. The van der Waals surface area contributed by atoms with Gasteiger partial charge in [0.1, 0.15) is 0 Å². The number of hydrogen-bond acceptors (Lipinski definition) is 2. The topological polar surface area (TPSA) is 38.9 Å². The molecule has 2 N–H and O–H groups in total. The van der Waals surface area contributed by atoms with Crippen LogP contribution in [0.5, 0.6) is 0 Å². The molecular weight excluding hydrogens is 148 g/mol. The fourth-order valence-electron chi connectivity index (χ4n) is 1.42. The predicted molar refractivity (Wildman–Crippen MR) is 51.1 cm³/mol. The second kappa shape index (κ2) is 4.21. The lowest BCUT2D eigenvalue weighted by Gasteiger charge is -2.11. The van der Waals surface area contributed by atoms with Crippen molar-refractivity contribution in [2.45, 2.75) is 26.2 Å². The zero-order valence-electron chi connectivity index (χ0n) is 7.75. The number of hydrogen-bond donors (Lipinski definition) is 1. The normalized spacial score (nSPS) is 12.9. The Kier molecular flexibility index (Phi) is 3.23. The molecule has 2 heteroatoms. The van der Waals surface area contributed by atoms with Crippen molar-refractivity contribution in [2.24, 2.45) is 5.73 Å². The van der Waals surface area contributed by atoms with Crippen LogP contribution in [0.2, 0.25) is 0 Å². The summed E-state index contributed by atoms with van der Waals surface area (Å²) in [4.78, 5) is 4.24. The number of aromatic nitrogens is 1. The monoisotopic (exact) mass is 164 g/mol. The fourth-order valence-corrected chi connectivity index (χ4v) is 1.42. The highest BCUT2D eigenvalue weighted by Gasteiger charge is 2.06. The highest BCUT2D eigenvalue weighted by atomic mass is 14.7. The van der Waals surface area contributed by atoms with E-state index in [-0.39, 0.29) is 0 Å². The molecule has 0 aliphatic heterocycles. The highest BCUT2D eigenvalue weighted by molar-refractivity contribution is 5.22. The minimum Gasteiger partial charge on any atom is -0.330 e. The standard InChI is InChI=1S/C10H16N2/c1-8(5-6-11)10-4-3-7-12-9(10)2/h3-4,7-8H,5-6,11H2,1-2H3. The van der Waals surface area contributed by atoms with E-state index in [2.05, 4.69) is 18.0 Å². The Morgan fingerprint density at radius 3 is 2.92 bits per heavy atom. The van der Waals surface area contributed by atoms with Gasteiger partial charge in [-0.15, -0.1) is 0 Å². The summed E-state index contributed by atoms with van der Waals surface area (Å²) in [5.41, 5.74) is 7.94. The van der Waals surface area contributed by atoms with E-state index in [4.69, 9.17) is 5.73 Å². The van der Waals surface area contributed by atoms with Crippen LogP contribution in [0, 0.1) is 6.92 Å². The van der Waals surface area contributed by atoms with Gasteiger partial charge in [0.2, 0.25) is 0 Å². The lowest BCUT2D eigenvalue weighted by Crippen LogP contribution is -2.06. The van der Waals surface area contributed by atoms with Crippen molar-refractivity contribution in [2.75, 3.05) is 6.54 Å². The first kappa shape index (κ1) is 9.20. The lowest BCUT2D eigenvalue weighted by molar-refractivity contribution is 0.682. The van der Waals surface area contributed by atoms with Gasteiger partial charge in [0, 0.05) is 11.9 Å². The number of nitrogens with two attached hydrogens (primary N) is 1. The maximum absolute atomic E-state index is 5.50. The Morgan fingerprint density at radius 2 is 2.33 bits per heavy atom. The molecule has 1 heterocycles. The second-order valence-corrected chi connectivity index (χ2v) is 3.16. The molecule has 66 valence electrons. The summed E-state index contributed by atoms with van der Waals surface area (Å²) in [6.45, 7) is 4.98. The molecule has 0 aliphatic rings. The van der Waals surface area contributed by atoms with Gasteiger partial charge in [-0.25, -0.2) is 0 Å². The predicted octanol–water partition coefficient (Wildman–Crippen LogP) is 1.84. The number of nitrogens with zero attached hydrogens (tertiary/aromatic N) is 1. The Bertz CT molecular complexity index is 245. The summed E-state index contributed by atoms with van der Waals surface area (Å²) in [5.74, 6) is 0.531. The van der Waals surface area contributed by atoms with Gasteiger partial charge in [-0.1, -0.05) is 13.0 Å². The third kappa shape index (κ3) is 2.05. The van der Waals surface area contributed by atoms with Crippen molar-refractivity contribution < 1.29 is 0 Å². The smallest absolute Gasteiger partial charge is 0.0407 e. The van der Waals surface area contributed by atoms with Crippen LogP contribution in [0.25, 0.3) is 0 Å². The fraction of sp³-hybridized carbons (Fsp3) is 0.500. The molecule has 0 saturated carbocycles. The zero-order valence-corrected chi connectivity index (χ0v) is 7.75. The summed E-state index contributed by atoms with van der Waals surface area (Å²) < 4.78 is 0. The molecule has 1 aromatic rings. The number of rotatable bonds is 3. The van der Waals surface area contributed by atoms with Gasteiger partial charge in [-0.3, -0.25) is 4.98 Å². The molecular formula is C10H16N2. The first-order chi connectivity index (χ1) is 5.75. The maximum Gasteiger partial charge on any atom is 0.0407 e.